The number of hydrogen-bond donors (Lipinski definition) is 2. The summed E-state index contributed by atoms with van der Waals surface area (Å²) in [7, 11) is 0. The monoisotopic (exact) mass is 264 g/mol. The van der Waals surface area contributed by atoms with Gasteiger partial charge < -0.3 is 15.5 Å². The first-order valence-corrected chi connectivity index (χ1v) is 5.59. The van der Waals surface area contributed by atoms with Crippen LogP contribution in [0.3, 0.4) is 0 Å². The topological polar surface area (TPSA) is 94.0 Å². The molecule has 0 spiro atoms. The van der Waals surface area contributed by atoms with Crippen LogP contribution >= 0.6 is 0 Å². The second-order valence-electron chi connectivity index (χ2n) is 4.02. The number of nitrogens with zero attached hydrogens (tertiary/aromatic N) is 2. The van der Waals surface area contributed by atoms with E-state index in [4.69, 9.17) is 10.2 Å². The van der Waals surface area contributed by atoms with Crippen LogP contribution in [0.2, 0.25) is 0 Å². The van der Waals surface area contributed by atoms with Gasteiger partial charge in [0.15, 0.2) is 0 Å². The van der Waals surface area contributed by atoms with Gasteiger partial charge in [0.25, 0.3) is 5.91 Å². The van der Waals surface area contributed by atoms with E-state index in [-0.39, 0.29) is 17.9 Å². The summed E-state index contributed by atoms with van der Waals surface area (Å²) < 4.78 is 18.3. The van der Waals surface area contributed by atoms with E-state index in [2.05, 4.69) is 15.3 Å². The van der Waals surface area contributed by atoms with Crippen molar-refractivity contribution >= 4 is 11.7 Å². The number of aromatic nitrogens is 2. The quantitative estimate of drug-likeness (QED) is 0.872. The normalized spacial score (nSPS) is 10.5. The van der Waals surface area contributed by atoms with Gasteiger partial charge in [0.1, 0.15) is 17.4 Å². The summed E-state index contributed by atoms with van der Waals surface area (Å²) in [4.78, 5) is 19.5. The minimum atomic E-state index is -0.623. The average molecular weight is 264 g/mol. The highest BCUT2D eigenvalue weighted by Crippen LogP contribution is 2.11. The molecule has 3 N–H and O–H groups in total. The first-order valence-electron chi connectivity index (χ1n) is 5.59. The Hall–Kier alpha value is -2.44. The lowest BCUT2D eigenvalue weighted by Crippen LogP contribution is -2.24. The zero-order valence-electron chi connectivity index (χ0n) is 10.5. The van der Waals surface area contributed by atoms with Crippen molar-refractivity contribution in [3.63, 3.8) is 0 Å². The predicted molar refractivity (Wildman–Crippen MR) is 65.8 cm³/mol. The Morgan fingerprint density at radius 1 is 1.53 bits per heavy atom. The van der Waals surface area contributed by atoms with Crippen molar-refractivity contribution in [1.82, 2.24) is 15.3 Å². The zero-order chi connectivity index (χ0) is 14.0. The molecule has 0 saturated heterocycles. The van der Waals surface area contributed by atoms with Gasteiger partial charge in [-0.3, -0.25) is 4.79 Å². The molecule has 19 heavy (non-hydrogen) atoms. The molecule has 100 valence electrons. The lowest BCUT2D eigenvalue weighted by Gasteiger charge is -2.05. The third-order valence-electron chi connectivity index (χ3n) is 2.60. The van der Waals surface area contributed by atoms with Gasteiger partial charge in [0.2, 0.25) is 5.89 Å². The molecule has 1 amide bonds. The Balaban J connectivity index is 2.07. The summed E-state index contributed by atoms with van der Waals surface area (Å²) >= 11 is 0. The number of nitrogens with one attached hydrogen (secondary N) is 1. The third-order valence-corrected chi connectivity index (χ3v) is 2.60. The van der Waals surface area contributed by atoms with Crippen LogP contribution in [-0.4, -0.2) is 15.9 Å². The van der Waals surface area contributed by atoms with Crippen LogP contribution < -0.4 is 11.1 Å². The van der Waals surface area contributed by atoms with Crippen LogP contribution in [0.4, 0.5) is 10.2 Å². The number of carbonyl (C=O) groups is 1. The summed E-state index contributed by atoms with van der Waals surface area (Å²) in [5, 5.41) is 2.54. The van der Waals surface area contributed by atoms with E-state index in [9.17, 15) is 9.18 Å². The fourth-order valence-corrected chi connectivity index (χ4v) is 1.50. The highest BCUT2D eigenvalue weighted by atomic mass is 19.1. The molecule has 0 aliphatic carbocycles. The smallest absolute Gasteiger partial charge is 0.255 e. The maximum absolute atomic E-state index is 13.0. The van der Waals surface area contributed by atoms with Crippen LogP contribution in [-0.2, 0) is 6.54 Å². The van der Waals surface area contributed by atoms with E-state index in [1.807, 2.05) is 0 Å². The number of anilines is 1. The van der Waals surface area contributed by atoms with Gasteiger partial charge in [0, 0.05) is 0 Å². The molecule has 2 heterocycles. The van der Waals surface area contributed by atoms with Crippen molar-refractivity contribution in [3.05, 3.63) is 41.0 Å². The Kier molecular flexibility index (Phi) is 3.46. The van der Waals surface area contributed by atoms with Gasteiger partial charge in [0.05, 0.1) is 24.0 Å². The Labute approximate surface area is 108 Å². The number of rotatable bonds is 3. The summed E-state index contributed by atoms with van der Waals surface area (Å²) in [5.74, 6) is -0.110. The third kappa shape index (κ3) is 2.87. The molecule has 0 aliphatic rings. The molecule has 0 atom stereocenters. The first-order chi connectivity index (χ1) is 8.97. The Morgan fingerprint density at radius 2 is 2.26 bits per heavy atom. The van der Waals surface area contributed by atoms with Crippen LogP contribution in [0.5, 0.6) is 0 Å². The largest absolute Gasteiger partial charge is 0.444 e. The average Bonchev–Trinajstić information content (AvgIpc) is 2.69. The second-order valence-corrected chi connectivity index (χ2v) is 4.02. The lowest BCUT2D eigenvalue weighted by atomic mass is 10.2. The van der Waals surface area contributed by atoms with Gasteiger partial charge in [-0.2, -0.15) is 0 Å². The molecule has 0 aromatic carbocycles. The molecular formula is C12H13FN4O2. The van der Waals surface area contributed by atoms with E-state index < -0.39 is 11.7 Å². The van der Waals surface area contributed by atoms with E-state index in [1.165, 1.54) is 0 Å². The summed E-state index contributed by atoms with van der Waals surface area (Å²) in [6, 6.07) is 1.03. The standard InChI is InChI=1S/C12H13FN4O2/c1-6-7(2)19-10(17-6)5-16-12(18)9-3-8(13)4-15-11(9)14/h3-4H,5H2,1-2H3,(H2,14,15)(H,16,18). The molecule has 2 aromatic rings. The lowest BCUT2D eigenvalue weighted by molar-refractivity contribution is 0.0947. The number of nitrogen functional groups attached to an aromatic ring is 1. The van der Waals surface area contributed by atoms with E-state index >= 15 is 0 Å². The van der Waals surface area contributed by atoms with Crippen molar-refractivity contribution < 1.29 is 13.6 Å². The molecule has 0 bridgehead atoms. The summed E-state index contributed by atoms with van der Waals surface area (Å²) in [6.45, 7) is 3.68. The molecule has 0 unspecified atom stereocenters. The number of nitrogens with two attached hydrogens (primary N) is 1. The van der Waals surface area contributed by atoms with E-state index in [0.717, 1.165) is 18.0 Å². The van der Waals surface area contributed by atoms with Crippen LogP contribution in [0.1, 0.15) is 27.7 Å². The van der Waals surface area contributed by atoms with Crippen molar-refractivity contribution in [1.29, 1.82) is 0 Å². The number of pyridine rings is 1. The van der Waals surface area contributed by atoms with Crippen molar-refractivity contribution in [2.75, 3.05) is 5.73 Å². The van der Waals surface area contributed by atoms with Crippen molar-refractivity contribution in [2.45, 2.75) is 20.4 Å². The molecule has 2 aromatic heterocycles. The number of amides is 1. The van der Waals surface area contributed by atoms with Crippen LogP contribution in [0.25, 0.3) is 0 Å². The predicted octanol–water partition coefficient (Wildman–Crippen LogP) is 1.34. The first kappa shape index (κ1) is 13.0. The summed E-state index contributed by atoms with van der Waals surface area (Å²) in [6.07, 6.45) is 0.951. The molecule has 2 rings (SSSR count). The molecule has 0 aliphatic heterocycles. The van der Waals surface area contributed by atoms with Gasteiger partial charge in [-0.1, -0.05) is 0 Å². The van der Waals surface area contributed by atoms with E-state index in [0.29, 0.717) is 11.7 Å². The van der Waals surface area contributed by atoms with Gasteiger partial charge in [-0.05, 0) is 19.9 Å². The molecule has 0 fully saturated rings. The number of halogens is 1. The molecule has 7 heteroatoms. The Morgan fingerprint density at radius 3 is 2.89 bits per heavy atom. The van der Waals surface area contributed by atoms with Gasteiger partial charge in [-0.25, -0.2) is 14.4 Å². The number of carbonyl (C=O) groups excluding carboxylic acids is 1. The van der Waals surface area contributed by atoms with Gasteiger partial charge >= 0.3 is 0 Å². The minimum Gasteiger partial charge on any atom is -0.444 e. The minimum absolute atomic E-state index is 0.0139. The van der Waals surface area contributed by atoms with Crippen LogP contribution in [0, 0.1) is 19.7 Å². The Bertz CT molecular complexity index is 605. The number of oxazole rings is 1. The van der Waals surface area contributed by atoms with E-state index in [1.54, 1.807) is 13.8 Å². The maximum atomic E-state index is 13.0. The number of hydrogen-bond acceptors (Lipinski definition) is 5. The van der Waals surface area contributed by atoms with Crippen LogP contribution in [0.15, 0.2) is 16.7 Å². The zero-order valence-corrected chi connectivity index (χ0v) is 10.5. The maximum Gasteiger partial charge on any atom is 0.255 e. The molecular weight excluding hydrogens is 251 g/mol. The SMILES string of the molecule is Cc1nc(CNC(=O)c2cc(F)cnc2N)oc1C. The van der Waals surface area contributed by atoms with Gasteiger partial charge in [-0.15, -0.1) is 0 Å². The fraction of sp³-hybridized carbons (Fsp3) is 0.250. The molecule has 0 radical (unpaired) electrons. The highest BCUT2D eigenvalue weighted by Gasteiger charge is 2.13. The molecule has 6 nitrogen and oxygen atoms in total. The molecule has 0 saturated carbocycles. The number of aryl methyl sites for hydroxylation is 2. The fourth-order valence-electron chi connectivity index (χ4n) is 1.50. The van der Waals surface area contributed by atoms with Crippen molar-refractivity contribution in [3.8, 4) is 0 Å². The highest BCUT2D eigenvalue weighted by molar-refractivity contribution is 5.98. The summed E-state index contributed by atoms with van der Waals surface area (Å²) in [5.41, 5.74) is 6.26. The second kappa shape index (κ2) is 5.05. The van der Waals surface area contributed by atoms with Crippen molar-refractivity contribution in [2.24, 2.45) is 0 Å².